The van der Waals surface area contributed by atoms with Gasteiger partial charge in [-0.25, -0.2) is 4.98 Å². The Bertz CT molecular complexity index is 653. The summed E-state index contributed by atoms with van der Waals surface area (Å²) >= 11 is 0. The van der Waals surface area contributed by atoms with Gasteiger partial charge in [-0.3, -0.25) is 9.69 Å². The lowest BCUT2D eigenvalue weighted by atomic mass is 10.2. The lowest BCUT2D eigenvalue weighted by Crippen LogP contribution is -2.26. The summed E-state index contributed by atoms with van der Waals surface area (Å²) in [6.45, 7) is 3.07. The summed E-state index contributed by atoms with van der Waals surface area (Å²) in [6.07, 6.45) is 2.44. The van der Waals surface area contributed by atoms with Crippen LogP contribution in [0.1, 0.15) is 40.5 Å². The van der Waals surface area contributed by atoms with Crippen molar-refractivity contribution in [2.45, 2.75) is 32.5 Å². The molecule has 2 heterocycles. The molecule has 5 heteroatoms. The van der Waals surface area contributed by atoms with E-state index in [0.29, 0.717) is 12.5 Å². The van der Waals surface area contributed by atoms with Gasteiger partial charge in [0.05, 0.1) is 12.2 Å². The number of benzene rings is 1. The van der Waals surface area contributed by atoms with E-state index >= 15 is 0 Å². The molecule has 1 aromatic heterocycles. The van der Waals surface area contributed by atoms with Crippen molar-refractivity contribution in [1.29, 1.82) is 0 Å². The predicted octanol–water partition coefficient (Wildman–Crippen LogP) is 2.33. The second kappa shape index (κ2) is 5.57. The van der Waals surface area contributed by atoms with E-state index in [4.69, 9.17) is 4.42 Å². The standard InChI is InChI=1S/C17H19N3O2/c21-16(18-8-12-6-7-12)17-19-14-10-20(11-15(14)22-17)9-13-4-2-1-3-5-13/h1-5,12H,6-11H2,(H,18,21). The third-order valence-corrected chi connectivity index (χ3v) is 4.21. The van der Waals surface area contributed by atoms with E-state index in [1.165, 1.54) is 18.4 Å². The fourth-order valence-corrected chi connectivity index (χ4v) is 2.79. The van der Waals surface area contributed by atoms with Gasteiger partial charge >= 0.3 is 5.91 Å². The minimum absolute atomic E-state index is 0.184. The van der Waals surface area contributed by atoms with Crippen LogP contribution in [-0.4, -0.2) is 22.3 Å². The van der Waals surface area contributed by atoms with E-state index in [9.17, 15) is 4.79 Å². The van der Waals surface area contributed by atoms with Crippen molar-refractivity contribution in [3.8, 4) is 0 Å². The van der Waals surface area contributed by atoms with Gasteiger partial charge in [-0.1, -0.05) is 30.3 Å². The monoisotopic (exact) mass is 297 g/mol. The number of hydrogen-bond donors (Lipinski definition) is 1. The van der Waals surface area contributed by atoms with Crippen LogP contribution in [0, 0.1) is 5.92 Å². The van der Waals surface area contributed by atoms with Gasteiger partial charge in [0, 0.05) is 19.6 Å². The molecule has 2 aromatic rings. The summed E-state index contributed by atoms with van der Waals surface area (Å²) in [7, 11) is 0. The number of aromatic nitrogens is 1. The highest BCUT2D eigenvalue weighted by Gasteiger charge is 2.28. The fraction of sp³-hybridized carbons (Fsp3) is 0.412. The van der Waals surface area contributed by atoms with Crippen LogP contribution >= 0.6 is 0 Å². The smallest absolute Gasteiger partial charge is 0.307 e. The van der Waals surface area contributed by atoms with Gasteiger partial charge in [-0.2, -0.15) is 0 Å². The molecule has 0 radical (unpaired) electrons. The van der Waals surface area contributed by atoms with Crippen molar-refractivity contribution < 1.29 is 9.21 Å². The maximum absolute atomic E-state index is 12.0. The molecule has 5 nitrogen and oxygen atoms in total. The molecule has 1 aliphatic carbocycles. The molecule has 1 amide bonds. The van der Waals surface area contributed by atoms with E-state index < -0.39 is 0 Å². The predicted molar refractivity (Wildman–Crippen MR) is 81.0 cm³/mol. The summed E-state index contributed by atoms with van der Waals surface area (Å²) in [4.78, 5) is 18.6. The van der Waals surface area contributed by atoms with Gasteiger partial charge in [0.1, 0.15) is 5.76 Å². The lowest BCUT2D eigenvalue weighted by Gasteiger charge is -2.14. The van der Waals surface area contributed by atoms with Gasteiger partial charge in [0.15, 0.2) is 0 Å². The second-order valence-electron chi connectivity index (χ2n) is 6.17. The maximum atomic E-state index is 12.0. The first kappa shape index (κ1) is 13.5. The van der Waals surface area contributed by atoms with E-state index in [1.807, 2.05) is 18.2 Å². The number of nitrogens with one attached hydrogen (secondary N) is 1. The third-order valence-electron chi connectivity index (χ3n) is 4.21. The van der Waals surface area contributed by atoms with Crippen molar-refractivity contribution >= 4 is 5.91 Å². The first-order valence-corrected chi connectivity index (χ1v) is 7.81. The molecule has 0 spiro atoms. The Kier molecular flexibility index (Phi) is 3.42. The summed E-state index contributed by atoms with van der Waals surface area (Å²) in [6, 6.07) is 10.3. The van der Waals surface area contributed by atoms with Crippen molar-refractivity contribution in [1.82, 2.24) is 15.2 Å². The van der Waals surface area contributed by atoms with Crippen molar-refractivity contribution in [2.75, 3.05) is 6.54 Å². The van der Waals surface area contributed by atoms with E-state index in [0.717, 1.165) is 31.1 Å². The highest BCUT2D eigenvalue weighted by Crippen LogP contribution is 2.28. The summed E-state index contributed by atoms with van der Waals surface area (Å²) in [5, 5.41) is 2.89. The summed E-state index contributed by atoms with van der Waals surface area (Å²) < 4.78 is 5.64. The number of oxazole rings is 1. The number of carbonyl (C=O) groups is 1. The zero-order valence-electron chi connectivity index (χ0n) is 12.4. The van der Waals surface area contributed by atoms with Gasteiger partial charge in [0.25, 0.3) is 5.89 Å². The molecular weight excluding hydrogens is 278 g/mol. The zero-order valence-corrected chi connectivity index (χ0v) is 12.4. The Balaban J connectivity index is 1.36. The first-order valence-electron chi connectivity index (χ1n) is 7.81. The van der Waals surface area contributed by atoms with Gasteiger partial charge in [-0.15, -0.1) is 0 Å². The van der Waals surface area contributed by atoms with Crippen LogP contribution in [0.25, 0.3) is 0 Å². The molecular formula is C17H19N3O2. The van der Waals surface area contributed by atoms with Gasteiger partial charge in [0.2, 0.25) is 0 Å². The normalized spacial score (nSPS) is 17.5. The topological polar surface area (TPSA) is 58.4 Å². The molecule has 1 saturated carbocycles. The highest BCUT2D eigenvalue weighted by atomic mass is 16.4. The summed E-state index contributed by atoms with van der Waals surface area (Å²) in [5.41, 5.74) is 2.17. The third kappa shape index (κ3) is 2.90. The molecule has 2 aliphatic rings. The minimum Gasteiger partial charge on any atom is -0.436 e. The van der Waals surface area contributed by atoms with Crippen LogP contribution in [0.5, 0.6) is 0 Å². The Labute approximate surface area is 129 Å². The van der Waals surface area contributed by atoms with Crippen LogP contribution in [0.3, 0.4) is 0 Å². The molecule has 0 unspecified atom stereocenters. The fourth-order valence-electron chi connectivity index (χ4n) is 2.79. The van der Waals surface area contributed by atoms with Crippen LogP contribution in [0.4, 0.5) is 0 Å². The molecule has 1 aromatic carbocycles. The molecule has 0 saturated heterocycles. The largest absolute Gasteiger partial charge is 0.436 e. The second-order valence-corrected chi connectivity index (χ2v) is 6.17. The molecule has 1 N–H and O–H groups in total. The van der Waals surface area contributed by atoms with Crippen LogP contribution < -0.4 is 5.32 Å². The first-order chi connectivity index (χ1) is 10.8. The molecule has 0 bridgehead atoms. The number of hydrogen-bond acceptors (Lipinski definition) is 4. The number of rotatable bonds is 5. The van der Waals surface area contributed by atoms with Crippen molar-refractivity contribution in [3.05, 3.63) is 53.2 Å². The quantitative estimate of drug-likeness (QED) is 0.920. The Morgan fingerprint density at radius 3 is 2.82 bits per heavy atom. The van der Waals surface area contributed by atoms with Crippen LogP contribution in [-0.2, 0) is 19.6 Å². The van der Waals surface area contributed by atoms with Crippen LogP contribution in [0.15, 0.2) is 34.7 Å². The Hall–Kier alpha value is -2.14. The molecule has 0 atom stereocenters. The lowest BCUT2D eigenvalue weighted by molar-refractivity contribution is 0.0912. The van der Waals surface area contributed by atoms with E-state index in [2.05, 4.69) is 27.3 Å². The maximum Gasteiger partial charge on any atom is 0.307 e. The highest BCUT2D eigenvalue weighted by molar-refractivity contribution is 5.89. The molecule has 1 aliphatic heterocycles. The van der Waals surface area contributed by atoms with Gasteiger partial charge < -0.3 is 9.73 Å². The van der Waals surface area contributed by atoms with Crippen molar-refractivity contribution in [3.63, 3.8) is 0 Å². The van der Waals surface area contributed by atoms with Crippen LogP contribution in [0.2, 0.25) is 0 Å². The van der Waals surface area contributed by atoms with E-state index in [-0.39, 0.29) is 11.8 Å². The molecule has 4 rings (SSSR count). The average Bonchev–Trinajstić information content (AvgIpc) is 3.16. The number of amides is 1. The molecule has 22 heavy (non-hydrogen) atoms. The molecule has 1 fully saturated rings. The summed E-state index contributed by atoms with van der Waals surface area (Å²) in [5.74, 6) is 1.51. The average molecular weight is 297 g/mol. The van der Waals surface area contributed by atoms with Gasteiger partial charge in [-0.05, 0) is 24.3 Å². The number of carbonyl (C=O) groups excluding carboxylic acids is 1. The SMILES string of the molecule is O=C(NCC1CC1)c1nc2c(o1)CN(Cc1ccccc1)C2. The Morgan fingerprint density at radius 1 is 1.27 bits per heavy atom. The number of fused-ring (bicyclic) bond motifs is 1. The number of nitrogens with zero attached hydrogens (tertiary/aromatic N) is 2. The minimum atomic E-state index is -0.184. The van der Waals surface area contributed by atoms with E-state index in [1.54, 1.807) is 0 Å². The molecule has 114 valence electrons. The Morgan fingerprint density at radius 2 is 2.09 bits per heavy atom. The zero-order chi connectivity index (χ0) is 14.9. The van der Waals surface area contributed by atoms with Crippen molar-refractivity contribution in [2.24, 2.45) is 5.92 Å².